The van der Waals surface area contributed by atoms with Gasteiger partial charge < -0.3 is 9.88 Å². The van der Waals surface area contributed by atoms with Gasteiger partial charge in [-0.1, -0.05) is 23.7 Å². The molecule has 1 amide bonds. The second kappa shape index (κ2) is 8.35. The van der Waals surface area contributed by atoms with Gasteiger partial charge in [-0.2, -0.15) is 0 Å². The molecule has 0 saturated carbocycles. The molecule has 0 atom stereocenters. The number of pyridine rings is 1. The topological polar surface area (TPSA) is 52.2 Å². The molecule has 150 valence electrons. The van der Waals surface area contributed by atoms with E-state index in [-0.39, 0.29) is 12.5 Å². The fraction of sp³-hybridized carbons (Fsp3) is 0.273. The molecule has 4 rings (SSSR count). The molecule has 3 aromatic rings. The van der Waals surface area contributed by atoms with Crippen molar-refractivity contribution in [2.75, 3.05) is 26.7 Å². The van der Waals surface area contributed by atoms with Crippen LogP contribution in [0.25, 0.3) is 16.6 Å². The molecule has 5 nitrogen and oxygen atoms in total. The first-order valence-electron chi connectivity index (χ1n) is 9.53. The molecule has 0 saturated heterocycles. The largest absolute Gasteiger partial charge is 0.346 e. The number of fused-ring (bicyclic) bond motifs is 1. The highest BCUT2D eigenvalue weighted by molar-refractivity contribution is 6.31. The Balaban J connectivity index is 1.38. The first kappa shape index (κ1) is 19.6. The number of hydrogen-bond acceptors (Lipinski definition) is 3. The summed E-state index contributed by atoms with van der Waals surface area (Å²) in [6.07, 6.45) is 6.80. The second-order valence-corrected chi connectivity index (χ2v) is 7.67. The van der Waals surface area contributed by atoms with Gasteiger partial charge in [0.05, 0.1) is 6.54 Å². The summed E-state index contributed by atoms with van der Waals surface area (Å²) in [5.74, 6) is -0.451. The highest BCUT2D eigenvalue weighted by Crippen LogP contribution is 2.28. The average Bonchev–Trinajstić information content (AvgIpc) is 3.15. The predicted octanol–water partition coefficient (Wildman–Crippen LogP) is 4.10. The van der Waals surface area contributed by atoms with Crippen molar-refractivity contribution in [3.63, 3.8) is 0 Å². The van der Waals surface area contributed by atoms with Gasteiger partial charge in [-0.3, -0.25) is 9.69 Å². The first-order valence-corrected chi connectivity index (χ1v) is 9.91. The third-order valence-electron chi connectivity index (χ3n) is 5.33. The molecule has 29 heavy (non-hydrogen) atoms. The van der Waals surface area contributed by atoms with E-state index in [9.17, 15) is 9.18 Å². The van der Waals surface area contributed by atoms with Crippen LogP contribution in [0.3, 0.4) is 0 Å². The Bertz CT molecular complexity index is 1060. The molecule has 1 aliphatic rings. The summed E-state index contributed by atoms with van der Waals surface area (Å²) in [6.45, 7) is 1.94. The zero-order valence-electron chi connectivity index (χ0n) is 16.2. The molecule has 1 aromatic carbocycles. The molecule has 3 heterocycles. The number of hydrogen-bond donors (Lipinski definition) is 1. The van der Waals surface area contributed by atoms with E-state index >= 15 is 0 Å². The van der Waals surface area contributed by atoms with E-state index in [4.69, 9.17) is 11.6 Å². The van der Waals surface area contributed by atoms with Crippen molar-refractivity contribution < 1.29 is 9.18 Å². The normalized spacial score (nSPS) is 14.8. The summed E-state index contributed by atoms with van der Waals surface area (Å²) in [7, 11) is 1.68. The predicted molar refractivity (Wildman–Crippen MR) is 113 cm³/mol. The molecular weight excluding hydrogens is 391 g/mol. The highest BCUT2D eigenvalue weighted by atomic mass is 35.5. The molecule has 0 aliphatic carbocycles. The third kappa shape index (κ3) is 4.18. The molecule has 0 spiro atoms. The third-order valence-corrected chi connectivity index (χ3v) is 5.69. The van der Waals surface area contributed by atoms with Crippen LogP contribution < -0.4 is 0 Å². The van der Waals surface area contributed by atoms with Crippen LogP contribution in [0.2, 0.25) is 5.02 Å². The monoisotopic (exact) mass is 412 g/mol. The summed E-state index contributed by atoms with van der Waals surface area (Å²) in [4.78, 5) is 23.8. The van der Waals surface area contributed by atoms with Crippen molar-refractivity contribution in [3.05, 3.63) is 70.8 Å². The molecule has 7 heteroatoms. The van der Waals surface area contributed by atoms with E-state index in [0.29, 0.717) is 23.7 Å². The number of aromatic amines is 1. The lowest BCUT2D eigenvalue weighted by atomic mass is 9.99. The minimum atomic E-state index is -0.393. The molecule has 0 bridgehead atoms. The Kier molecular flexibility index (Phi) is 5.65. The molecule has 0 radical (unpaired) electrons. The Labute approximate surface area is 173 Å². The van der Waals surface area contributed by atoms with Crippen LogP contribution in [0, 0.1) is 5.82 Å². The highest BCUT2D eigenvalue weighted by Gasteiger charge is 2.20. The smallest absolute Gasteiger partial charge is 0.236 e. The van der Waals surface area contributed by atoms with Gasteiger partial charge in [-0.15, -0.1) is 0 Å². The SMILES string of the molecule is CN(Cc1c(F)cccc1Cl)C(=O)CN1CC=C(c2c[nH]c3ncccc23)CC1. The maximum atomic E-state index is 14.0. The van der Waals surface area contributed by atoms with E-state index in [1.165, 1.54) is 22.1 Å². The number of aromatic nitrogens is 2. The van der Waals surface area contributed by atoms with Gasteiger partial charge in [0.15, 0.2) is 0 Å². The first-order chi connectivity index (χ1) is 14.0. The van der Waals surface area contributed by atoms with E-state index < -0.39 is 5.82 Å². The molecule has 1 N–H and O–H groups in total. The van der Waals surface area contributed by atoms with Crippen LogP contribution in [-0.4, -0.2) is 52.4 Å². The number of carbonyl (C=O) groups excluding carboxylic acids is 1. The minimum Gasteiger partial charge on any atom is -0.346 e. The van der Waals surface area contributed by atoms with Crippen LogP contribution >= 0.6 is 11.6 Å². The van der Waals surface area contributed by atoms with Crippen molar-refractivity contribution in [3.8, 4) is 0 Å². The van der Waals surface area contributed by atoms with Crippen molar-refractivity contribution >= 4 is 34.1 Å². The summed E-state index contributed by atoms with van der Waals surface area (Å²) < 4.78 is 14.0. The number of nitrogens with one attached hydrogen (secondary N) is 1. The summed E-state index contributed by atoms with van der Waals surface area (Å²) in [5, 5.41) is 1.45. The lowest BCUT2D eigenvalue weighted by Gasteiger charge is -2.28. The summed E-state index contributed by atoms with van der Waals surface area (Å²) in [6, 6.07) is 8.55. The fourth-order valence-electron chi connectivity index (χ4n) is 3.64. The van der Waals surface area contributed by atoms with Crippen LogP contribution in [-0.2, 0) is 11.3 Å². The second-order valence-electron chi connectivity index (χ2n) is 7.27. The average molecular weight is 413 g/mol. The Morgan fingerprint density at radius 1 is 1.34 bits per heavy atom. The van der Waals surface area contributed by atoms with Gasteiger partial charge in [-0.05, 0) is 36.3 Å². The Hall–Kier alpha value is -2.70. The van der Waals surface area contributed by atoms with Gasteiger partial charge in [0.1, 0.15) is 11.5 Å². The van der Waals surface area contributed by atoms with Gasteiger partial charge in [-0.25, -0.2) is 9.37 Å². The number of carbonyl (C=O) groups is 1. The van der Waals surface area contributed by atoms with Crippen molar-refractivity contribution in [1.29, 1.82) is 0 Å². The van der Waals surface area contributed by atoms with Crippen molar-refractivity contribution in [2.45, 2.75) is 13.0 Å². The zero-order valence-corrected chi connectivity index (χ0v) is 16.9. The number of nitrogens with zero attached hydrogens (tertiary/aromatic N) is 3. The van der Waals surface area contributed by atoms with E-state index in [1.54, 1.807) is 25.4 Å². The van der Waals surface area contributed by atoms with E-state index in [2.05, 4.69) is 27.0 Å². The number of amides is 1. The van der Waals surface area contributed by atoms with Gasteiger partial charge in [0, 0.05) is 60.6 Å². The maximum Gasteiger partial charge on any atom is 0.236 e. The van der Waals surface area contributed by atoms with Crippen molar-refractivity contribution in [2.24, 2.45) is 0 Å². The number of likely N-dealkylation sites (N-methyl/N-ethyl adjacent to an activating group) is 1. The van der Waals surface area contributed by atoms with Crippen molar-refractivity contribution in [1.82, 2.24) is 19.8 Å². The molecule has 2 aromatic heterocycles. The molecular formula is C22H22ClFN4O. The summed E-state index contributed by atoms with van der Waals surface area (Å²) >= 11 is 6.07. The number of rotatable bonds is 5. The van der Waals surface area contributed by atoms with Gasteiger partial charge in [0.25, 0.3) is 0 Å². The van der Waals surface area contributed by atoms with Gasteiger partial charge in [0.2, 0.25) is 5.91 Å². The molecule has 0 unspecified atom stereocenters. The van der Waals surface area contributed by atoms with Crippen LogP contribution in [0.4, 0.5) is 4.39 Å². The zero-order chi connectivity index (χ0) is 20.4. The van der Waals surface area contributed by atoms with Crippen LogP contribution in [0.1, 0.15) is 17.5 Å². The standard InChI is InChI=1S/C22H22ClFN4O/c1-27(13-18-19(23)5-2-6-20(18)24)21(29)14-28-10-7-15(8-11-28)17-12-26-22-16(17)4-3-9-25-22/h2-7,9,12H,8,10-11,13-14H2,1H3,(H,25,26). The number of halogens is 2. The molecule has 1 aliphatic heterocycles. The number of H-pyrrole nitrogens is 1. The van der Waals surface area contributed by atoms with Crippen LogP contribution in [0.15, 0.2) is 48.8 Å². The lowest BCUT2D eigenvalue weighted by molar-refractivity contribution is -0.131. The van der Waals surface area contributed by atoms with E-state index in [0.717, 1.165) is 24.0 Å². The maximum absolute atomic E-state index is 14.0. The molecule has 0 fully saturated rings. The van der Waals surface area contributed by atoms with E-state index in [1.807, 2.05) is 12.3 Å². The fourth-order valence-corrected chi connectivity index (χ4v) is 3.86. The Morgan fingerprint density at radius 3 is 2.97 bits per heavy atom. The Morgan fingerprint density at radius 2 is 2.21 bits per heavy atom. The quantitative estimate of drug-likeness (QED) is 0.686. The lowest BCUT2D eigenvalue weighted by Crippen LogP contribution is -2.40. The number of benzene rings is 1. The van der Waals surface area contributed by atoms with Gasteiger partial charge >= 0.3 is 0 Å². The minimum absolute atomic E-state index is 0.0579. The summed E-state index contributed by atoms with van der Waals surface area (Å²) in [5.41, 5.74) is 3.66. The van der Waals surface area contributed by atoms with Crippen LogP contribution in [0.5, 0.6) is 0 Å².